The predicted molar refractivity (Wildman–Crippen MR) is 119 cm³/mol. The summed E-state index contributed by atoms with van der Waals surface area (Å²) >= 11 is 1.39. The van der Waals surface area contributed by atoms with Gasteiger partial charge in [0.2, 0.25) is 5.91 Å². The van der Waals surface area contributed by atoms with Crippen molar-refractivity contribution < 1.29 is 14.3 Å². The van der Waals surface area contributed by atoms with Crippen molar-refractivity contribution in [3.8, 4) is 11.4 Å². The van der Waals surface area contributed by atoms with Gasteiger partial charge < -0.3 is 10.1 Å². The van der Waals surface area contributed by atoms with Crippen LogP contribution in [0.1, 0.15) is 25.7 Å². The van der Waals surface area contributed by atoms with Gasteiger partial charge >= 0.3 is 6.09 Å². The number of benzene rings is 1. The first-order valence-corrected chi connectivity index (χ1v) is 11.2. The Morgan fingerprint density at radius 3 is 2.61 bits per heavy atom. The number of amides is 2. The van der Waals surface area contributed by atoms with Gasteiger partial charge in [-0.05, 0) is 49.9 Å². The maximum Gasteiger partial charge on any atom is 0.415 e. The van der Waals surface area contributed by atoms with E-state index in [9.17, 15) is 9.59 Å². The van der Waals surface area contributed by atoms with Gasteiger partial charge in [-0.2, -0.15) is 0 Å². The molecule has 0 atom stereocenters. The molecule has 3 aromatic rings. The number of hydrogen-bond acceptors (Lipinski definition) is 6. The van der Waals surface area contributed by atoms with E-state index in [1.165, 1.54) is 11.3 Å². The van der Waals surface area contributed by atoms with Crippen LogP contribution in [-0.4, -0.2) is 34.1 Å². The first-order chi connectivity index (χ1) is 15.1. The summed E-state index contributed by atoms with van der Waals surface area (Å²) < 4.78 is 5.79. The van der Waals surface area contributed by atoms with Crippen molar-refractivity contribution in [3.05, 3.63) is 60.1 Å². The maximum atomic E-state index is 12.8. The molecule has 2 amide bonds. The summed E-state index contributed by atoms with van der Waals surface area (Å²) in [6.45, 7) is 0.532. The van der Waals surface area contributed by atoms with Crippen molar-refractivity contribution in [2.24, 2.45) is 5.92 Å². The monoisotopic (exact) mass is 434 g/mol. The van der Waals surface area contributed by atoms with Gasteiger partial charge in [-0.15, -0.1) is 11.3 Å². The minimum Gasteiger partial charge on any atom is -0.441 e. The first-order valence-electron chi connectivity index (χ1n) is 10.4. The fraction of sp³-hybridized carbons (Fsp3) is 0.304. The van der Waals surface area contributed by atoms with Gasteiger partial charge in [0.05, 0.1) is 12.2 Å². The molecule has 1 spiro atoms. The molecule has 2 fully saturated rings. The summed E-state index contributed by atoms with van der Waals surface area (Å²) in [4.78, 5) is 35.7. The molecule has 7 nitrogen and oxygen atoms in total. The highest BCUT2D eigenvalue weighted by Crippen LogP contribution is 2.41. The minimum absolute atomic E-state index is 0.0268. The lowest BCUT2D eigenvalue weighted by molar-refractivity contribution is -0.122. The topological polar surface area (TPSA) is 84.4 Å². The molecule has 1 saturated heterocycles. The van der Waals surface area contributed by atoms with E-state index in [1.54, 1.807) is 11.1 Å². The second-order valence-corrected chi connectivity index (χ2v) is 8.85. The highest BCUT2D eigenvalue weighted by Gasteiger charge is 2.48. The molecule has 3 heterocycles. The number of carbonyl (C=O) groups excluding carboxylic acids is 2. The van der Waals surface area contributed by atoms with E-state index in [0.717, 1.165) is 17.1 Å². The number of pyridine rings is 1. The number of ether oxygens (including phenoxy) is 1. The third-order valence-corrected chi connectivity index (χ3v) is 6.73. The van der Waals surface area contributed by atoms with E-state index < -0.39 is 5.60 Å². The quantitative estimate of drug-likeness (QED) is 0.642. The molecule has 1 aliphatic heterocycles. The standard InChI is InChI=1S/C23H22N4O3S/c28-20(26-21-25-19(14-31-21)18-8-4-5-13-24-18)16-9-11-23(12-10-16)15-27(22(29)30-23)17-6-2-1-3-7-17/h1-8,13-14,16H,9-12,15H2,(H,25,26,28)/t16-,23+. The van der Waals surface area contributed by atoms with Crippen LogP contribution in [0.2, 0.25) is 0 Å². The van der Waals surface area contributed by atoms with Gasteiger partial charge in [0, 0.05) is 23.2 Å². The molecule has 5 rings (SSSR count). The molecular weight excluding hydrogens is 412 g/mol. The van der Waals surface area contributed by atoms with Crippen LogP contribution in [0.3, 0.4) is 0 Å². The van der Waals surface area contributed by atoms with Crippen LogP contribution in [0.25, 0.3) is 11.4 Å². The molecule has 0 unspecified atom stereocenters. The Morgan fingerprint density at radius 2 is 1.87 bits per heavy atom. The third kappa shape index (κ3) is 4.03. The van der Waals surface area contributed by atoms with Crippen molar-refractivity contribution >= 4 is 34.2 Å². The smallest absolute Gasteiger partial charge is 0.415 e. The zero-order valence-corrected chi connectivity index (χ0v) is 17.7. The number of aromatic nitrogens is 2. The van der Waals surface area contributed by atoms with Crippen LogP contribution in [0.5, 0.6) is 0 Å². The van der Waals surface area contributed by atoms with Crippen molar-refractivity contribution in [1.29, 1.82) is 0 Å². The molecule has 1 saturated carbocycles. The lowest BCUT2D eigenvalue weighted by Gasteiger charge is -2.34. The molecule has 158 valence electrons. The molecule has 8 heteroatoms. The number of rotatable bonds is 4. The molecule has 1 aliphatic carbocycles. The molecule has 2 aromatic heterocycles. The Balaban J connectivity index is 1.19. The van der Waals surface area contributed by atoms with Gasteiger partial charge in [0.25, 0.3) is 0 Å². The molecule has 2 aliphatic rings. The number of nitrogens with zero attached hydrogens (tertiary/aromatic N) is 3. The van der Waals surface area contributed by atoms with Crippen LogP contribution >= 0.6 is 11.3 Å². The van der Waals surface area contributed by atoms with E-state index in [0.29, 0.717) is 37.4 Å². The summed E-state index contributed by atoms with van der Waals surface area (Å²) in [5.41, 5.74) is 1.88. The van der Waals surface area contributed by atoms with Crippen LogP contribution < -0.4 is 10.2 Å². The SMILES string of the molecule is O=C1O[C@]2(CC[C@@H](C(=O)Nc3nc(-c4ccccn4)cs3)CC2)CN1c1ccccc1. The van der Waals surface area contributed by atoms with Crippen LogP contribution in [0, 0.1) is 5.92 Å². The third-order valence-electron chi connectivity index (χ3n) is 5.97. The number of anilines is 2. The Kier molecular flexibility index (Phi) is 5.15. The fourth-order valence-electron chi connectivity index (χ4n) is 4.27. The highest BCUT2D eigenvalue weighted by atomic mass is 32.1. The van der Waals surface area contributed by atoms with Crippen molar-refractivity contribution in [2.45, 2.75) is 31.3 Å². The molecule has 0 bridgehead atoms. The second-order valence-electron chi connectivity index (χ2n) is 7.99. The average molecular weight is 435 g/mol. The average Bonchev–Trinajstić information content (AvgIpc) is 3.40. The predicted octanol–water partition coefficient (Wildman–Crippen LogP) is 4.73. The molecule has 0 radical (unpaired) electrons. The van der Waals surface area contributed by atoms with E-state index >= 15 is 0 Å². The number of carbonyl (C=O) groups is 2. The number of para-hydroxylation sites is 1. The second kappa shape index (κ2) is 8.11. The molecular formula is C23H22N4O3S. The van der Waals surface area contributed by atoms with Crippen molar-refractivity contribution in [3.63, 3.8) is 0 Å². The number of thiazole rings is 1. The fourth-order valence-corrected chi connectivity index (χ4v) is 4.97. The summed E-state index contributed by atoms with van der Waals surface area (Å²) in [5, 5.41) is 5.42. The minimum atomic E-state index is -0.503. The van der Waals surface area contributed by atoms with Gasteiger partial charge in [-0.25, -0.2) is 9.78 Å². The van der Waals surface area contributed by atoms with Crippen molar-refractivity contribution in [1.82, 2.24) is 9.97 Å². The van der Waals surface area contributed by atoms with Crippen molar-refractivity contribution in [2.75, 3.05) is 16.8 Å². The Morgan fingerprint density at radius 1 is 1.10 bits per heavy atom. The van der Waals surface area contributed by atoms with E-state index in [1.807, 2.05) is 53.9 Å². The Labute approximate surface area is 184 Å². The van der Waals surface area contributed by atoms with Gasteiger partial charge in [0.15, 0.2) is 5.13 Å². The molecule has 31 heavy (non-hydrogen) atoms. The highest BCUT2D eigenvalue weighted by molar-refractivity contribution is 7.14. The van der Waals surface area contributed by atoms with E-state index in [-0.39, 0.29) is 17.9 Å². The molecule has 1 N–H and O–H groups in total. The summed E-state index contributed by atoms with van der Waals surface area (Å²) in [7, 11) is 0. The van der Waals surface area contributed by atoms with Crippen LogP contribution in [0.4, 0.5) is 15.6 Å². The lowest BCUT2D eigenvalue weighted by Crippen LogP contribution is -2.41. The molecule has 1 aromatic carbocycles. The summed E-state index contributed by atoms with van der Waals surface area (Å²) in [6, 6.07) is 15.2. The number of nitrogens with one attached hydrogen (secondary N) is 1. The zero-order valence-electron chi connectivity index (χ0n) is 16.9. The van der Waals surface area contributed by atoms with Gasteiger partial charge in [-0.1, -0.05) is 24.3 Å². The Bertz CT molecular complexity index is 1080. The summed E-state index contributed by atoms with van der Waals surface area (Å²) in [6.07, 6.45) is 4.13. The van der Waals surface area contributed by atoms with Crippen LogP contribution in [-0.2, 0) is 9.53 Å². The van der Waals surface area contributed by atoms with E-state index in [4.69, 9.17) is 4.74 Å². The maximum absolute atomic E-state index is 12.8. The Hall–Kier alpha value is -3.26. The number of hydrogen-bond donors (Lipinski definition) is 1. The zero-order chi connectivity index (χ0) is 21.3. The van der Waals surface area contributed by atoms with Gasteiger partial charge in [-0.3, -0.25) is 14.7 Å². The first kappa shape index (κ1) is 19.7. The lowest BCUT2D eigenvalue weighted by atomic mass is 9.78. The van der Waals surface area contributed by atoms with E-state index in [2.05, 4.69) is 15.3 Å². The summed E-state index contributed by atoms with van der Waals surface area (Å²) in [5.74, 6) is -0.140. The van der Waals surface area contributed by atoms with Gasteiger partial charge in [0.1, 0.15) is 11.3 Å². The largest absolute Gasteiger partial charge is 0.441 e. The normalized spacial score (nSPS) is 23.0. The van der Waals surface area contributed by atoms with Crippen LogP contribution in [0.15, 0.2) is 60.1 Å².